The Hall–Kier alpha value is -1.76. The monoisotopic (exact) mass is 378 g/mol. The van der Waals surface area contributed by atoms with E-state index in [0.717, 1.165) is 20.1 Å². The molecule has 0 radical (unpaired) electrons. The van der Waals surface area contributed by atoms with Crippen LogP contribution in [0.25, 0.3) is 10.2 Å². The number of aromatic nitrogens is 1. The van der Waals surface area contributed by atoms with Crippen molar-refractivity contribution < 1.29 is 9.53 Å². The number of hydrogen-bond acceptors (Lipinski definition) is 5. The molecule has 1 N–H and O–H groups in total. The molecule has 1 aromatic heterocycles. The van der Waals surface area contributed by atoms with Gasteiger partial charge in [-0.15, -0.1) is 11.3 Å². The Bertz CT molecular complexity index is 895. The number of nitrogens with one attached hydrogen (secondary N) is 1. The zero-order chi connectivity index (χ0) is 17.1. The van der Waals surface area contributed by atoms with Crippen LogP contribution in [0.3, 0.4) is 0 Å². The van der Waals surface area contributed by atoms with Crippen LogP contribution in [0.5, 0.6) is 5.75 Å². The fourth-order valence-corrected chi connectivity index (χ4v) is 4.19. The lowest BCUT2D eigenvalue weighted by atomic mass is 10.2. The number of hydrogen-bond donors (Lipinski definition) is 1. The molecule has 0 spiro atoms. The highest BCUT2D eigenvalue weighted by atomic mass is 35.5. The van der Waals surface area contributed by atoms with Gasteiger partial charge in [0.15, 0.2) is 4.34 Å². The van der Waals surface area contributed by atoms with Crippen LogP contribution in [0.4, 0.5) is 5.69 Å². The van der Waals surface area contributed by atoms with E-state index in [4.69, 9.17) is 16.3 Å². The predicted octanol–water partition coefficient (Wildman–Crippen LogP) is 5.00. The minimum Gasteiger partial charge on any atom is -0.495 e. The average Bonchev–Trinajstić information content (AvgIpc) is 2.95. The van der Waals surface area contributed by atoms with Gasteiger partial charge < -0.3 is 10.1 Å². The number of amides is 1. The van der Waals surface area contributed by atoms with E-state index in [0.29, 0.717) is 16.5 Å². The summed E-state index contributed by atoms with van der Waals surface area (Å²) in [5, 5.41) is 3.55. The highest BCUT2D eigenvalue weighted by Gasteiger charge is 2.11. The zero-order valence-corrected chi connectivity index (χ0v) is 15.5. The Balaban J connectivity index is 1.65. The summed E-state index contributed by atoms with van der Waals surface area (Å²) >= 11 is 8.93. The van der Waals surface area contributed by atoms with Crippen molar-refractivity contribution in [3.63, 3.8) is 0 Å². The number of aryl methyl sites for hydroxylation is 1. The Kier molecular flexibility index (Phi) is 5.28. The van der Waals surface area contributed by atoms with Crippen LogP contribution in [0.2, 0.25) is 5.02 Å². The topological polar surface area (TPSA) is 51.2 Å². The molecule has 0 saturated carbocycles. The molecule has 2 aromatic carbocycles. The van der Waals surface area contributed by atoms with Crippen molar-refractivity contribution in [3.05, 3.63) is 47.0 Å². The van der Waals surface area contributed by atoms with Gasteiger partial charge in [0.2, 0.25) is 5.91 Å². The number of nitrogens with zero attached hydrogens (tertiary/aromatic N) is 1. The van der Waals surface area contributed by atoms with Gasteiger partial charge in [-0.1, -0.05) is 29.4 Å². The summed E-state index contributed by atoms with van der Waals surface area (Å²) in [5.74, 6) is 0.833. The average molecular weight is 379 g/mol. The van der Waals surface area contributed by atoms with Gasteiger partial charge in [-0.3, -0.25) is 4.79 Å². The van der Waals surface area contributed by atoms with E-state index in [1.807, 2.05) is 43.3 Å². The fraction of sp³-hybridized carbons (Fsp3) is 0.176. The van der Waals surface area contributed by atoms with Crippen molar-refractivity contribution in [2.75, 3.05) is 18.2 Å². The van der Waals surface area contributed by atoms with Crippen LogP contribution >= 0.6 is 34.7 Å². The van der Waals surface area contributed by atoms with E-state index in [-0.39, 0.29) is 11.7 Å². The van der Waals surface area contributed by atoms with Gasteiger partial charge >= 0.3 is 0 Å². The van der Waals surface area contributed by atoms with Gasteiger partial charge in [-0.25, -0.2) is 4.98 Å². The number of rotatable bonds is 5. The van der Waals surface area contributed by atoms with Crippen LogP contribution in [0.1, 0.15) is 5.56 Å². The molecule has 124 valence electrons. The van der Waals surface area contributed by atoms with Crippen molar-refractivity contribution in [1.82, 2.24) is 4.98 Å². The van der Waals surface area contributed by atoms with E-state index in [2.05, 4.69) is 10.3 Å². The van der Waals surface area contributed by atoms with Crippen LogP contribution < -0.4 is 10.1 Å². The van der Waals surface area contributed by atoms with Crippen molar-refractivity contribution >= 4 is 56.5 Å². The lowest BCUT2D eigenvalue weighted by molar-refractivity contribution is -0.113. The van der Waals surface area contributed by atoms with Crippen LogP contribution in [-0.2, 0) is 4.79 Å². The molecular formula is C17H15ClN2O2S2. The standard InChI is InChI=1S/C17H15ClN2O2S2/c1-10-3-5-14(22-2)12(7-10)19-16(21)9-23-17-20-13-8-11(18)4-6-15(13)24-17/h3-8H,9H2,1-2H3,(H,19,21). The fourth-order valence-electron chi connectivity index (χ4n) is 2.17. The second-order valence-electron chi connectivity index (χ2n) is 5.13. The summed E-state index contributed by atoms with van der Waals surface area (Å²) in [6, 6.07) is 11.3. The zero-order valence-electron chi connectivity index (χ0n) is 13.1. The third-order valence-corrected chi connectivity index (χ3v) is 5.70. The first-order valence-corrected chi connectivity index (χ1v) is 9.36. The molecule has 0 bridgehead atoms. The van der Waals surface area contributed by atoms with Gasteiger partial charge in [0.05, 0.1) is 28.8 Å². The number of thioether (sulfide) groups is 1. The third kappa shape index (κ3) is 4.01. The predicted molar refractivity (Wildman–Crippen MR) is 102 cm³/mol. The maximum Gasteiger partial charge on any atom is 0.234 e. The molecule has 1 heterocycles. The minimum atomic E-state index is -0.0961. The van der Waals surface area contributed by atoms with Gasteiger partial charge in [0.25, 0.3) is 0 Å². The second kappa shape index (κ2) is 7.42. The molecule has 4 nitrogen and oxygen atoms in total. The summed E-state index contributed by atoms with van der Waals surface area (Å²) in [6.45, 7) is 1.97. The Morgan fingerprint density at radius 1 is 1.33 bits per heavy atom. The number of carbonyl (C=O) groups is 1. The second-order valence-corrected chi connectivity index (χ2v) is 7.82. The molecular weight excluding hydrogens is 364 g/mol. The largest absolute Gasteiger partial charge is 0.495 e. The molecule has 24 heavy (non-hydrogen) atoms. The van der Waals surface area contributed by atoms with E-state index in [1.54, 1.807) is 18.4 Å². The minimum absolute atomic E-state index is 0.0961. The number of carbonyl (C=O) groups excluding carboxylic acids is 1. The number of halogens is 1. The highest BCUT2D eigenvalue weighted by Crippen LogP contribution is 2.31. The van der Waals surface area contributed by atoms with Crippen LogP contribution in [0, 0.1) is 6.92 Å². The third-order valence-electron chi connectivity index (χ3n) is 3.29. The molecule has 7 heteroatoms. The summed E-state index contributed by atoms with van der Waals surface area (Å²) in [7, 11) is 1.58. The molecule has 0 atom stereocenters. The normalized spacial score (nSPS) is 10.8. The number of ether oxygens (including phenoxy) is 1. The van der Waals surface area contributed by atoms with Crippen LogP contribution in [-0.4, -0.2) is 23.8 Å². The SMILES string of the molecule is COc1ccc(C)cc1NC(=O)CSc1nc2cc(Cl)ccc2s1. The summed E-state index contributed by atoms with van der Waals surface area (Å²) in [6.07, 6.45) is 0. The summed E-state index contributed by atoms with van der Waals surface area (Å²) < 4.78 is 7.17. The highest BCUT2D eigenvalue weighted by molar-refractivity contribution is 8.01. The number of anilines is 1. The Morgan fingerprint density at radius 2 is 2.17 bits per heavy atom. The Morgan fingerprint density at radius 3 is 2.96 bits per heavy atom. The molecule has 3 rings (SSSR count). The molecule has 0 unspecified atom stereocenters. The first-order valence-electron chi connectivity index (χ1n) is 7.18. The van der Waals surface area contributed by atoms with Crippen LogP contribution in [0.15, 0.2) is 40.7 Å². The van der Waals surface area contributed by atoms with Gasteiger partial charge in [-0.05, 0) is 42.8 Å². The first-order chi connectivity index (χ1) is 11.5. The Labute approximate surface area is 153 Å². The van der Waals surface area contributed by atoms with Gasteiger partial charge in [-0.2, -0.15) is 0 Å². The quantitative estimate of drug-likeness (QED) is 0.635. The maximum absolute atomic E-state index is 12.2. The van der Waals surface area contributed by atoms with Crippen molar-refractivity contribution in [2.24, 2.45) is 0 Å². The summed E-state index contributed by atoms with van der Waals surface area (Å²) in [4.78, 5) is 16.7. The smallest absolute Gasteiger partial charge is 0.234 e. The van der Waals surface area contributed by atoms with Gasteiger partial charge in [0, 0.05) is 5.02 Å². The number of thiazole rings is 1. The van der Waals surface area contributed by atoms with E-state index in [9.17, 15) is 4.79 Å². The lowest BCUT2D eigenvalue weighted by Crippen LogP contribution is -2.14. The molecule has 0 aliphatic rings. The summed E-state index contributed by atoms with van der Waals surface area (Å²) in [5.41, 5.74) is 2.59. The van der Waals surface area contributed by atoms with E-state index in [1.165, 1.54) is 11.8 Å². The van der Waals surface area contributed by atoms with Crippen molar-refractivity contribution in [1.29, 1.82) is 0 Å². The van der Waals surface area contributed by atoms with Crippen molar-refractivity contribution in [2.45, 2.75) is 11.3 Å². The molecule has 0 saturated heterocycles. The van der Waals surface area contributed by atoms with E-state index >= 15 is 0 Å². The number of benzene rings is 2. The molecule has 0 aliphatic carbocycles. The lowest BCUT2D eigenvalue weighted by Gasteiger charge is -2.10. The first kappa shape index (κ1) is 17.1. The van der Waals surface area contributed by atoms with Gasteiger partial charge in [0.1, 0.15) is 5.75 Å². The molecule has 0 aliphatic heterocycles. The van der Waals surface area contributed by atoms with E-state index < -0.39 is 0 Å². The number of methoxy groups -OCH3 is 1. The molecule has 0 fully saturated rings. The number of fused-ring (bicyclic) bond motifs is 1. The molecule has 3 aromatic rings. The maximum atomic E-state index is 12.2. The molecule has 1 amide bonds. The van der Waals surface area contributed by atoms with Crippen molar-refractivity contribution in [3.8, 4) is 5.75 Å².